The molecule has 0 aromatic carbocycles. The van der Waals surface area contributed by atoms with Crippen molar-refractivity contribution in [1.82, 2.24) is 0 Å². The molecule has 0 bridgehead atoms. The normalized spacial score (nSPS) is 8.75. The molecule has 0 aromatic heterocycles. The highest BCUT2D eigenvalue weighted by Crippen LogP contribution is 1.91. The maximum absolute atomic E-state index is 2.08. The molecule has 0 N–H and O–H groups in total. The summed E-state index contributed by atoms with van der Waals surface area (Å²) in [5, 5.41) is 0. The Morgan fingerprint density at radius 3 is 1.33 bits per heavy atom. The summed E-state index contributed by atoms with van der Waals surface area (Å²) in [6.45, 7) is 14.1. The third-order valence-corrected chi connectivity index (χ3v) is 0.885. The minimum atomic E-state index is 0. The Labute approximate surface area is 80.4 Å². The van der Waals surface area contributed by atoms with Gasteiger partial charge in [-0.15, -0.1) is 0 Å². The summed E-state index contributed by atoms with van der Waals surface area (Å²) in [4.78, 5) is 0. The van der Waals surface area contributed by atoms with Crippen LogP contribution in [0.1, 0.15) is 55.9 Å². The van der Waals surface area contributed by atoms with Gasteiger partial charge in [0.2, 0.25) is 0 Å². The molecular formula is C12H28. The summed E-state index contributed by atoms with van der Waals surface area (Å²) in [5.74, 6) is 0. The van der Waals surface area contributed by atoms with Crippen molar-refractivity contribution in [2.75, 3.05) is 0 Å². The highest BCUT2D eigenvalue weighted by Gasteiger charge is 1.69. The van der Waals surface area contributed by atoms with Crippen LogP contribution < -0.4 is 0 Å². The largest absolute Gasteiger partial charge is 0.0874 e. The maximum atomic E-state index is 2.08. The molecule has 12 heavy (non-hydrogen) atoms. The summed E-state index contributed by atoms with van der Waals surface area (Å²) in [5.41, 5.74) is 1.32. The molecule has 0 aliphatic rings. The number of rotatable bonds is 1. The predicted octanol–water partition coefficient (Wildman–Crippen LogP) is 5.22. The Kier molecular flexibility index (Phi) is 58.9. The molecule has 0 aliphatic heterocycles. The van der Waals surface area contributed by atoms with E-state index in [0.717, 1.165) is 0 Å². The number of hydrogen-bond acceptors (Lipinski definition) is 0. The van der Waals surface area contributed by atoms with E-state index in [0.29, 0.717) is 0 Å². The zero-order valence-corrected chi connectivity index (χ0v) is 9.23. The molecule has 0 spiro atoms. The molecule has 0 aromatic rings. The molecule has 0 nitrogen and oxygen atoms in total. The van der Waals surface area contributed by atoms with E-state index in [1.807, 2.05) is 47.6 Å². The SMILES string of the molecule is C.C/C=C\C(C)=C/C.CC.CC. The van der Waals surface area contributed by atoms with Gasteiger partial charge in [0.15, 0.2) is 0 Å². The third-order valence-electron chi connectivity index (χ3n) is 0.885. The van der Waals surface area contributed by atoms with Crippen molar-refractivity contribution in [2.45, 2.75) is 55.9 Å². The van der Waals surface area contributed by atoms with Crippen molar-refractivity contribution in [2.24, 2.45) is 0 Å². The molecule has 0 heterocycles. The van der Waals surface area contributed by atoms with E-state index >= 15 is 0 Å². The second-order valence-corrected chi connectivity index (χ2v) is 1.53. The van der Waals surface area contributed by atoms with Gasteiger partial charge < -0.3 is 0 Å². The molecule has 0 amide bonds. The fraction of sp³-hybridized carbons (Fsp3) is 0.667. The van der Waals surface area contributed by atoms with Crippen molar-refractivity contribution in [3.05, 3.63) is 23.8 Å². The Balaban J connectivity index is -0.0000000560. The molecule has 0 heteroatoms. The molecule has 76 valence electrons. The van der Waals surface area contributed by atoms with E-state index in [2.05, 4.69) is 19.1 Å². The summed E-state index contributed by atoms with van der Waals surface area (Å²) in [6.07, 6.45) is 6.20. The lowest BCUT2D eigenvalue weighted by atomic mass is 10.3. The Hall–Kier alpha value is -0.520. The van der Waals surface area contributed by atoms with Crippen LogP contribution >= 0.6 is 0 Å². The lowest BCUT2D eigenvalue weighted by Crippen LogP contribution is -1.60. The van der Waals surface area contributed by atoms with Crippen LogP contribution in [0.3, 0.4) is 0 Å². The fourth-order valence-electron chi connectivity index (χ4n) is 0.359. The summed E-state index contributed by atoms with van der Waals surface area (Å²) in [6, 6.07) is 0. The standard InChI is InChI=1S/C7H12.2C2H6.CH4/c1-4-6-7(3)5-2;2*1-2;/h4-6H,1-3H3;2*1-2H3;1H4/b6-4-,7-5-;;;. The van der Waals surface area contributed by atoms with Crippen molar-refractivity contribution in [1.29, 1.82) is 0 Å². The monoisotopic (exact) mass is 172 g/mol. The van der Waals surface area contributed by atoms with Crippen LogP contribution in [0.25, 0.3) is 0 Å². The average Bonchev–Trinajstić information content (AvgIpc) is 2.12. The van der Waals surface area contributed by atoms with E-state index in [9.17, 15) is 0 Å². The topological polar surface area (TPSA) is 0 Å². The molecule has 0 saturated heterocycles. The van der Waals surface area contributed by atoms with Gasteiger partial charge in [-0.05, 0) is 20.8 Å². The molecule has 0 aliphatic carbocycles. The summed E-state index contributed by atoms with van der Waals surface area (Å²) < 4.78 is 0. The number of allylic oxidation sites excluding steroid dienone is 4. The first kappa shape index (κ1) is 22.5. The highest BCUT2D eigenvalue weighted by atomic mass is 13.8. The zero-order valence-electron chi connectivity index (χ0n) is 9.23. The van der Waals surface area contributed by atoms with Crippen molar-refractivity contribution >= 4 is 0 Å². The molecule has 0 atom stereocenters. The lowest BCUT2D eigenvalue weighted by Gasteiger charge is -1.81. The highest BCUT2D eigenvalue weighted by molar-refractivity contribution is 5.13. The van der Waals surface area contributed by atoms with Crippen LogP contribution in [0.5, 0.6) is 0 Å². The van der Waals surface area contributed by atoms with Crippen LogP contribution in [0, 0.1) is 0 Å². The van der Waals surface area contributed by atoms with E-state index < -0.39 is 0 Å². The van der Waals surface area contributed by atoms with Gasteiger partial charge in [-0.1, -0.05) is 58.9 Å². The van der Waals surface area contributed by atoms with Gasteiger partial charge in [-0.25, -0.2) is 0 Å². The maximum Gasteiger partial charge on any atom is -0.0401 e. The fourth-order valence-corrected chi connectivity index (χ4v) is 0.359. The molecule has 0 rings (SSSR count). The van der Waals surface area contributed by atoms with E-state index in [4.69, 9.17) is 0 Å². The minimum Gasteiger partial charge on any atom is -0.0874 e. The molecule has 0 saturated carbocycles. The molecule has 0 unspecified atom stereocenters. The predicted molar refractivity (Wildman–Crippen MR) is 63.7 cm³/mol. The molecular weight excluding hydrogens is 144 g/mol. The quantitative estimate of drug-likeness (QED) is 0.476. The van der Waals surface area contributed by atoms with Crippen LogP contribution in [-0.4, -0.2) is 0 Å². The Morgan fingerprint density at radius 1 is 0.917 bits per heavy atom. The van der Waals surface area contributed by atoms with Gasteiger partial charge >= 0.3 is 0 Å². The lowest BCUT2D eigenvalue weighted by molar-refractivity contribution is 1.46. The van der Waals surface area contributed by atoms with E-state index in [1.165, 1.54) is 5.57 Å². The van der Waals surface area contributed by atoms with Crippen LogP contribution in [0.2, 0.25) is 0 Å². The molecule has 0 radical (unpaired) electrons. The smallest absolute Gasteiger partial charge is 0.0401 e. The first-order valence-electron chi connectivity index (χ1n) is 4.57. The van der Waals surface area contributed by atoms with Gasteiger partial charge in [0, 0.05) is 0 Å². The van der Waals surface area contributed by atoms with Crippen molar-refractivity contribution in [3.63, 3.8) is 0 Å². The van der Waals surface area contributed by atoms with Crippen LogP contribution in [0.15, 0.2) is 23.8 Å². The van der Waals surface area contributed by atoms with Gasteiger partial charge in [0.1, 0.15) is 0 Å². The van der Waals surface area contributed by atoms with Crippen molar-refractivity contribution < 1.29 is 0 Å². The van der Waals surface area contributed by atoms with Crippen LogP contribution in [0.4, 0.5) is 0 Å². The van der Waals surface area contributed by atoms with Gasteiger partial charge in [-0.3, -0.25) is 0 Å². The zero-order chi connectivity index (χ0) is 9.70. The van der Waals surface area contributed by atoms with Crippen molar-refractivity contribution in [3.8, 4) is 0 Å². The number of hydrogen-bond donors (Lipinski definition) is 0. The van der Waals surface area contributed by atoms with E-state index in [1.54, 1.807) is 0 Å². The molecule has 0 fully saturated rings. The first-order valence-corrected chi connectivity index (χ1v) is 4.57. The summed E-state index contributed by atoms with van der Waals surface area (Å²) >= 11 is 0. The second-order valence-electron chi connectivity index (χ2n) is 1.53. The summed E-state index contributed by atoms with van der Waals surface area (Å²) in [7, 11) is 0. The second kappa shape index (κ2) is 31.4. The van der Waals surface area contributed by atoms with Gasteiger partial charge in [0.25, 0.3) is 0 Å². The van der Waals surface area contributed by atoms with Gasteiger partial charge in [0.05, 0.1) is 0 Å². The van der Waals surface area contributed by atoms with Gasteiger partial charge in [-0.2, -0.15) is 0 Å². The Morgan fingerprint density at radius 2 is 1.25 bits per heavy atom. The van der Waals surface area contributed by atoms with E-state index in [-0.39, 0.29) is 7.43 Å². The van der Waals surface area contributed by atoms with Crippen LogP contribution in [-0.2, 0) is 0 Å². The average molecular weight is 172 g/mol. The first-order chi connectivity index (χ1) is 5.31. The Bertz CT molecular complexity index is 86.2. The minimum absolute atomic E-state index is 0. The third kappa shape index (κ3) is 34.0.